The van der Waals surface area contributed by atoms with Gasteiger partial charge in [-0.15, -0.1) is 0 Å². The van der Waals surface area contributed by atoms with Gasteiger partial charge in [0.2, 0.25) is 0 Å². The van der Waals surface area contributed by atoms with Crippen LogP contribution in [0.3, 0.4) is 0 Å². The normalized spacial score (nSPS) is 18.9. The van der Waals surface area contributed by atoms with Crippen molar-refractivity contribution in [2.75, 3.05) is 4.90 Å². The molecule has 0 saturated heterocycles. The lowest BCUT2D eigenvalue weighted by Crippen LogP contribution is -2.29. The van der Waals surface area contributed by atoms with Crippen molar-refractivity contribution in [2.45, 2.75) is 12.5 Å². The molecule has 1 aromatic rings. The Balaban J connectivity index is 2.24. The fraction of sp³-hybridized carbons (Fsp3) is 0.154. The van der Waals surface area contributed by atoms with Gasteiger partial charge in [0, 0.05) is 11.9 Å². The first kappa shape index (κ1) is 9.54. The highest BCUT2D eigenvalue weighted by molar-refractivity contribution is 5.53. The SMILES string of the molecule is N#CCC1C=CC=CN1c1ccccc1. The lowest BCUT2D eigenvalue weighted by Gasteiger charge is -2.28. The lowest BCUT2D eigenvalue weighted by molar-refractivity contribution is 0.786. The summed E-state index contributed by atoms with van der Waals surface area (Å²) in [6, 6.07) is 12.5. The standard InChI is InChI=1S/C13H12N2/c14-10-9-13-8-4-5-11-15(13)12-6-2-1-3-7-12/h1-8,11,13H,9H2. The van der Waals surface area contributed by atoms with E-state index in [-0.39, 0.29) is 6.04 Å². The predicted octanol–water partition coefficient (Wildman–Crippen LogP) is 2.86. The first-order valence-corrected chi connectivity index (χ1v) is 4.97. The van der Waals surface area contributed by atoms with Crippen molar-refractivity contribution >= 4 is 5.69 Å². The monoisotopic (exact) mass is 196 g/mol. The average Bonchev–Trinajstić information content (AvgIpc) is 2.31. The number of anilines is 1. The molecule has 0 N–H and O–H groups in total. The highest BCUT2D eigenvalue weighted by atomic mass is 15.1. The molecule has 2 heteroatoms. The van der Waals surface area contributed by atoms with Crippen LogP contribution in [0.1, 0.15) is 6.42 Å². The highest BCUT2D eigenvalue weighted by Gasteiger charge is 2.15. The second-order valence-electron chi connectivity index (χ2n) is 3.40. The minimum Gasteiger partial charge on any atom is -0.340 e. The van der Waals surface area contributed by atoms with Crippen LogP contribution >= 0.6 is 0 Å². The Morgan fingerprint density at radius 3 is 2.73 bits per heavy atom. The molecule has 1 aliphatic rings. The number of nitrogens with zero attached hydrogens (tertiary/aromatic N) is 2. The van der Waals surface area contributed by atoms with E-state index in [0.717, 1.165) is 5.69 Å². The van der Waals surface area contributed by atoms with E-state index in [4.69, 9.17) is 5.26 Å². The molecule has 1 heterocycles. The fourth-order valence-corrected chi connectivity index (χ4v) is 1.68. The summed E-state index contributed by atoms with van der Waals surface area (Å²) >= 11 is 0. The fourth-order valence-electron chi connectivity index (χ4n) is 1.68. The van der Waals surface area contributed by atoms with E-state index < -0.39 is 0 Å². The number of hydrogen-bond acceptors (Lipinski definition) is 2. The summed E-state index contributed by atoms with van der Waals surface area (Å²) in [5.74, 6) is 0. The quantitative estimate of drug-likeness (QED) is 0.727. The van der Waals surface area contributed by atoms with Gasteiger partial charge in [-0.05, 0) is 18.2 Å². The van der Waals surface area contributed by atoms with Gasteiger partial charge in [0.1, 0.15) is 0 Å². The summed E-state index contributed by atoms with van der Waals surface area (Å²) in [4.78, 5) is 2.11. The number of hydrogen-bond donors (Lipinski definition) is 0. The molecule has 1 unspecified atom stereocenters. The molecule has 0 spiro atoms. The van der Waals surface area contributed by atoms with Gasteiger partial charge in [0.15, 0.2) is 0 Å². The van der Waals surface area contributed by atoms with Crippen LogP contribution in [0.25, 0.3) is 0 Å². The lowest BCUT2D eigenvalue weighted by atomic mass is 10.1. The molecule has 1 atom stereocenters. The maximum Gasteiger partial charge on any atom is 0.0649 e. The Kier molecular flexibility index (Phi) is 2.85. The zero-order valence-corrected chi connectivity index (χ0v) is 8.38. The van der Waals surface area contributed by atoms with Crippen molar-refractivity contribution in [1.29, 1.82) is 5.26 Å². The molecular formula is C13H12N2. The van der Waals surface area contributed by atoms with Crippen LogP contribution in [-0.2, 0) is 0 Å². The molecule has 1 aromatic carbocycles. The van der Waals surface area contributed by atoms with E-state index in [1.165, 1.54) is 0 Å². The summed E-state index contributed by atoms with van der Waals surface area (Å²) in [6.07, 6.45) is 8.55. The van der Waals surface area contributed by atoms with E-state index in [1.807, 2.05) is 48.7 Å². The van der Waals surface area contributed by atoms with Gasteiger partial charge in [-0.25, -0.2) is 0 Å². The minimum atomic E-state index is 0.155. The van der Waals surface area contributed by atoms with E-state index in [2.05, 4.69) is 17.0 Å². The molecule has 74 valence electrons. The van der Waals surface area contributed by atoms with Gasteiger partial charge in [0.05, 0.1) is 18.5 Å². The summed E-state index contributed by atoms with van der Waals surface area (Å²) in [6.45, 7) is 0. The molecule has 0 fully saturated rings. The van der Waals surface area contributed by atoms with E-state index in [9.17, 15) is 0 Å². The van der Waals surface area contributed by atoms with Crippen LogP contribution in [0, 0.1) is 11.3 Å². The number of nitriles is 1. The average molecular weight is 196 g/mol. The highest BCUT2D eigenvalue weighted by Crippen LogP contribution is 2.21. The zero-order chi connectivity index (χ0) is 10.5. The molecule has 0 bridgehead atoms. The summed E-state index contributed by atoms with van der Waals surface area (Å²) in [5.41, 5.74) is 1.12. The number of rotatable bonds is 2. The number of para-hydroxylation sites is 1. The number of benzene rings is 1. The van der Waals surface area contributed by atoms with Gasteiger partial charge in [-0.1, -0.05) is 30.4 Å². The second kappa shape index (κ2) is 4.47. The van der Waals surface area contributed by atoms with Gasteiger partial charge < -0.3 is 4.90 Å². The summed E-state index contributed by atoms with van der Waals surface area (Å²) in [5, 5.41) is 8.75. The van der Waals surface area contributed by atoms with Gasteiger partial charge >= 0.3 is 0 Å². The smallest absolute Gasteiger partial charge is 0.0649 e. The first-order chi connectivity index (χ1) is 7.42. The molecular weight excluding hydrogens is 184 g/mol. The Morgan fingerprint density at radius 2 is 2.00 bits per heavy atom. The Bertz CT molecular complexity index is 412. The maximum absolute atomic E-state index is 8.75. The largest absolute Gasteiger partial charge is 0.340 e. The van der Waals surface area contributed by atoms with Crippen LogP contribution in [0.4, 0.5) is 5.69 Å². The molecule has 0 amide bonds. The molecule has 15 heavy (non-hydrogen) atoms. The third-order valence-electron chi connectivity index (χ3n) is 2.40. The maximum atomic E-state index is 8.75. The van der Waals surface area contributed by atoms with Crippen LogP contribution in [-0.4, -0.2) is 6.04 Å². The minimum absolute atomic E-state index is 0.155. The Labute approximate surface area is 89.8 Å². The third-order valence-corrected chi connectivity index (χ3v) is 2.40. The van der Waals surface area contributed by atoms with Crippen molar-refractivity contribution in [3.8, 4) is 6.07 Å². The first-order valence-electron chi connectivity index (χ1n) is 4.97. The van der Waals surface area contributed by atoms with Crippen molar-refractivity contribution in [2.24, 2.45) is 0 Å². The third kappa shape index (κ3) is 2.08. The molecule has 2 rings (SSSR count). The molecule has 1 aliphatic heterocycles. The predicted molar refractivity (Wildman–Crippen MR) is 61.2 cm³/mol. The van der Waals surface area contributed by atoms with E-state index in [0.29, 0.717) is 6.42 Å². The van der Waals surface area contributed by atoms with Crippen LogP contribution in [0.5, 0.6) is 0 Å². The Hall–Kier alpha value is -2.01. The van der Waals surface area contributed by atoms with Crippen molar-refractivity contribution < 1.29 is 0 Å². The van der Waals surface area contributed by atoms with Crippen molar-refractivity contribution in [3.63, 3.8) is 0 Å². The van der Waals surface area contributed by atoms with Crippen molar-refractivity contribution in [1.82, 2.24) is 0 Å². The van der Waals surface area contributed by atoms with Crippen LogP contribution in [0.15, 0.2) is 54.8 Å². The van der Waals surface area contributed by atoms with Gasteiger partial charge in [-0.2, -0.15) is 5.26 Å². The van der Waals surface area contributed by atoms with Crippen LogP contribution < -0.4 is 4.90 Å². The van der Waals surface area contributed by atoms with E-state index >= 15 is 0 Å². The van der Waals surface area contributed by atoms with Gasteiger partial charge in [-0.3, -0.25) is 0 Å². The second-order valence-corrected chi connectivity index (χ2v) is 3.40. The van der Waals surface area contributed by atoms with Crippen LogP contribution in [0.2, 0.25) is 0 Å². The molecule has 0 saturated carbocycles. The summed E-state index contributed by atoms with van der Waals surface area (Å²) < 4.78 is 0. The number of allylic oxidation sites excluding steroid dienone is 2. The van der Waals surface area contributed by atoms with E-state index in [1.54, 1.807) is 0 Å². The van der Waals surface area contributed by atoms with Crippen molar-refractivity contribution in [3.05, 3.63) is 54.8 Å². The molecule has 2 nitrogen and oxygen atoms in total. The molecule has 0 radical (unpaired) electrons. The molecule has 0 aromatic heterocycles. The summed E-state index contributed by atoms with van der Waals surface area (Å²) in [7, 11) is 0. The zero-order valence-electron chi connectivity index (χ0n) is 8.38. The van der Waals surface area contributed by atoms with Gasteiger partial charge in [0.25, 0.3) is 0 Å². The topological polar surface area (TPSA) is 27.0 Å². The Morgan fingerprint density at radius 1 is 1.20 bits per heavy atom. The molecule has 0 aliphatic carbocycles.